The lowest BCUT2D eigenvalue weighted by atomic mass is 10.0. The van der Waals surface area contributed by atoms with E-state index in [9.17, 15) is 46.4 Å². The van der Waals surface area contributed by atoms with Crippen LogP contribution in [0, 0.1) is 10.1 Å². The molecule has 14 heteroatoms. The SMILES string of the molecule is CN(CCC(Oc1ccc(C(F)(F)F)cc1)c1ccccc1)CC(C)(O)C(=O)Nc1ccc([N+](=O)[O-])c(C(F)(F)F)c1. The van der Waals surface area contributed by atoms with Crippen molar-refractivity contribution in [2.75, 3.05) is 25.5 Å². The lowest BCUT2D eigenvalue weighted by Gasteiger charge is -2.29. The Morgan fingerprint density at radius 1 is 1.00 bits per heavy atom. The average Bonchev–Trinajstić information content (AvgIpc) is 2.90. The van der Waals surface area contributed by atoms with Crippen LogP contribution < -0.4 is 10.1 Å². The molecule has 0 spiro atoms. The molecule has 2 atom stereocenters. The van der Waals surface area contributed by atoms with Crippen molar-refractivity contribution >= 4 is 17.3 Å². The number of nitro groups is 1. The predicted molar refractivity (Wildman–Crippen MR) is 141 cm³/mol. The monoisotopic (exact) mass is 599 g/mol. The minimum atomic E-state index is -5.05. The van der Waals surface area contributed by atoms with Crippen LogP contribution in [0.4, 0.5) is 37.7 Å². The van der Waals surface area contributed by atoms with Gasteiger partial charge in [-0.1, -0.05) is 30.3 Å². The third-order valence-electron chi connectivity index (χ3n) is 6.23. The number of ether oxygens (including phenoxy) is 1. The number of aliphatic hydroxyl groups is 1. The largest absolute Gasteiger partial charge is 0.486 e. The lowest BCUT2D eigenvalue weighted by molar-refractivity contribution is -0.388. The van der Waals surface area contributed by atoms with Gasteiger partial charge in [-0.05, 0) is 55.9 Å². The summed E-state index contributed by atoms with van der Waals surface area (Å²) in [6.07, 6.45) is -9.87. The van der Waals surface area contributed by atoms with Crippen molar-refractivity contribution in [3.63, 3.8) is 0 Å². The van der Waals surface area contributed by atoms with Crippen LogP contribution in [-0.4, -0.2) is 46.6 Å². The smallest absolute Gasteiger partial charge is 0.423 e. The Kier molecular flexibility index (Phi) is 9.84. The van der Waals surface area contributed by atoms with Gasteiger partial charge in [-0.3, -0.25) is 14.9 Å². The van der Waals surface area contributed by atoms with Crippen molar-refractivity contribution in [3.8, 4) is 5.75 Å². The molecular weight excluding hydrogens is 572 g/mol. The number of nitrogens with one attached hydrogen (secondary N) is 1. The summed E-state index contributed by atoms with van der Waals surface area (Å²) in [6, 6.07) is 15.0. The molecule has 0 heterocycles. The minimum absolute atomic E-state index is 0.201. The number of nitro benzene ring substituents is 1. The number of carbonyl (C=O) groups excluding carboxylic acids is 1. The molecule has 8 nitrogen and oxygen atoms in total. The number of alkyl halides is 6. The van der Waals surface area contributed by atoms with E-state index in [1.807, 2.05) is 0 Å². The Morgan fingerprint density at radius 3 is 2.17 bits per heavy atom. The molecule has 3 aromatic rings. The second-order valence-corrected chi connectivity index (χ2v) is 9.78. The molecule has 3 aromatic carbocycles. The third-order valence-corrected chi connectivity index (χ3v) is 6.23. The molecule has 2 N–H and O–H groups in total. The Bertz CT molecular complexity index is 1380. The van der Waals surface area contributed by atoms with E-state index in [4.69, 9.17) is 4.74 Å². The van der Waals surface area contributed by atoms with Gasteiger partial charge in [0.05, 0.1) is 10.5 Å². The molecule has 3 rings (SSSR count). The second-order valence-electron chi connectivity index (χ2n) is 9.78. The summed E-state index contributed by atoms with van der Waals surface area (Å²) in [6.45, 7) is 1.13. The molecular formula is C28H27F6N3O5. The van der Waals surface area contributed by atoms with Crippen molar-refractivity contribution in [2.24, 2.45) is 0 Å². The number of benzene rings is 3. The van der Waals surface area contributed by atoms with Crippen LogP contribution in [0.2, 0.25) is 0 Å². The fraction of sp³-hybridized carbons (Fsp3) is 0.321. The normalized spacial score (nSPS) is 14.2. The van der Waals surface area contributed by atoms with Crippen LogP contribution in [0.3, 0.4) is 0 Å². The predicted octanol–water partition coefficient (Wildman–Crippen LogP) is 6.46. The molecule has 42 heavy (non-hydrogen) atoms. The van der Waals surface area contributed by atoms with Gasteiger partial charge < -0.3 is 20.1 Å². The van der Waals surface area contributed by atoms with E-state index in [1.54, 1.807) is 42.3 Å². The van der Waals surface area contributed by atoms with E-state index in [2.05, 4.69) is 5.32 Å². The highest BCUT2D eigenvalue weighted by Crippen LogP contribution is 2.38. The Labute approximate surface area is 236 Å². The first kappa shape index (κ1) is 32.3. The van der Waals surface area contributed by atoms with Crippen molar-refractivity contribution in [1.29, 1.82) is 0 Å². The number of carbonyl (C=O) groups is 1. The molecule has 0 radical (unpaired) electrons. The zero-order valence-corrected chi connectivity index (χ0v) is 22.4. The fourth-order valence-corrected chi connectivity index (χ4v) is 4.13. The Balaban J connectivity index is 1.67. The molecule has 0 aromatic heterocycles. The molecule has 226 valence electrons. The summed E-state index contributed by atoms with van der Waals surface area (Å²) < 4.78 is 84.5. The van der Waals surface area contributed by atoms with E-state index < -0.39 is 57.4 Å². The maximum atomic E-state index is 13.3. The highest BCUT2D eigenvalue weighted by Gasteiger charge is 2.39. The Morgan fingerprint density at radius 2 is 1.62 bits per heavy atom. The quantitative estimate of drug-likeness (QED) is 0.149. The van der Waals surface area contributed by atoms with Crippen molar-refractivity contribution in [2.45, 2.75) is 37.4 Å². The summed E-state index contributed by atoms with van der Waals surface area (Å²) >= 11 is 0. The van der Waals surface area contributed by atoms with Gasteiger partial charge in [-0.15, -0.1) is 0 Å². The van der Waals surface area contributed by atoms with Crippen molar-refractivity contribution in [3.05, 3.63) is 99.6 Å². The number of likely N-dealkylation sites (N-methyl/N-ethyl adjacent to an activating group) is 1. The summed E-state index contributed by atoms with van der Waals surface area (Å²) in [5, 5.41) is 23.9. The number of hydrogen-bond acceptors (Lipinski definition) is 6. The number of nitrogens with zero attached hydrogens (tertiary/aromatic N) is 2. The number of rotatable bonds is 11. The number of hydrogen-bond donors (Lipinski definition) is 2. The van der Waals surface area contributed by atoms with Crippen LogP contribution in [0.1, 0.15) is 36.1 Å². The highest BCUT2D eigenvalue weighted by molar-refractivity contribution is 5.97. The van der Waals surface area contributed by atoms with Crippen molar-refractivity contribution in [1.82, 2.24) is 4.90 Å². The average molecular weight is 600 g/mol. The van der Waals surface area contributed by atoms with E-state index in [0.717, 1.165) is 30.7 Å². The molecule has 0 aliphatic rings. The van der Waals surface area contributed by atoms with Gasteiger partial charge in [-0.2, -0.15) is 26.3 Å². The van der Waals surface area contributed by atoms with Crippen LogP contribution in [0.15, 0.2) is 72.8 Å². The van der Waals surface area contributed by atoms with E-state index >= 15 is 0 Å². The summed E-state index contributed by atoms with van der Waals surface area (Å²) in [5.74, 6) is -0.843. The molecule has 0 aliphatic carbocycles. The van der Waals surface area contributed by atoms with Gasteiger partial charge in [-0.25, -0.2) is 0 Å². The second kappa shape index (κ2) is 12.8. The molecule has 0 aliphatic heterocycles. The number of amides is 1. The Hall–Kier alpha value is -4.17. The molecule has 0 saturated carbocycles. The maximum Gasteiger partial charge on any atom is 0.423 e. The van der Waals surface area contributed by atoms with Crippen LogP contribution >= 0.6 is 0 Å². The molecule has 0 saturated heterocycles. The lowest BCUT2D eigenvalue weighted by Crippen LogP contribution is -2.48. The van der Waals surface area contributed by atoms with E-state index in [-0.39, 0.29) is 25.3 Å². The van der Waals surface area contributed by atoms with Gasteiger partial charge >= 0.3 is 12.4 Å². The van der Waals surface area contributed by atoms with Crippen molar-refractivity contribution < 1.29 is 45.9 Å². The van der Waals surface area contributed by atoms with Crippen LogP contribution in [0.25, 0.3) is 0 Å². The standard InChI is InChI=1S/C28H27F6N3O5/c1-26(39,25(38)35-20-10-13-23(37(40)41)22(16-20)28(32,33)34)17-36(2)15-14-24(18-6-4-3-5-7-18)42-21-11-8-19(9-12-21)27(29,30)31/h3-13,16,24,39H,14-15,17H2,1-2H3,(H,35,38). The summed E-state index contributed by atoms with van der Waals surface area (Å²) in [7, 11) is 1.58. The van der Waals surface area contributed by atoms with Gasteiger partial charge in [0.25, 0.3) is 11.6 Å². The summed E-state index contributed by atoms with van der Waals surface area (Å²) in [4.78, 5) is 24.1. The third kappa shape index (κ3) is 8.66. The van der Waals surface area contributed by atoms with Gasteiger partial charge in [0, 0.05) is 31.3 Å². The topological polar surface area (TPSA) is 105 Å². The minimum Gasteiger partial charge on any atom is -0.486 e. The first-order chi connectivity index (χ1) is 19.5. The fourth-order valence-electron chi connectivity index (χ4n) is 4.13. The van der Waals surface area contributed by atoms with Crippen LogP contribution in [0.5, 0.6) is 5.75 Å². The van der Waals surface area contributed by atoms with E-state index in [0.29, 0.717) is 12.1 Å². The number of anilines is 1. The summed E-state index contributed by atoms with van der Waals surface area (Å²) in [5.41, 5.74) is -5.31. The molecule has 1 amide bonds. The van der Waals surface area contributed by atoms with Crippen LogP contribution in [-0.2, 0) is 17.1 Å². The highest BCUT2D eigenvalue weighted by atomic mass is 19.4. The zero-order valence-electron chi connectivity index (χ0n) is 22.4. The zero-order chi connectivity index (χ0) is 31.3. The molecule has 0 fully saturated rings. The maximum absolute atomic E-state index is 13.3. The van der Waals surface area contributed by atoms with Gasteiger partial charge in [0.1, 0.15) is 17.4 Å². The molecule has 0 bridgehead atoms. The van der Waals surface area contributed by atoms with Gasteiger partial charge in [0.15, 0.2) is 5.60 Å². The first-order valence-corrected chi connectivity index (χ1v) is 12.4. The molecule has 2 unspecified atom stereocenters. The number of halogens is 6. The first-order valence-electron chi connectivity index (χ1n) is 12.4. The van der Waals surface area contributed by atoms with E-state index in [1.165, 1.54) is 12.1 Å². The van der Waals surface area contributed by atoms with Gasteiger partial charge in [0.2, 0.25) is 0 Å².